The fourth-order valence-electron chi connectivity index (χ4n) is 5.90. The van der Waals surface area contributed by atoms with Gasteiger partial charge in [0.15, 0.2) is 0 Å². The van der Waals surface area contributed by atoms with Crippen LogP contribution in [0.4, 0.5) is 0 Å². The minimum absolute atomic E-state index is 0.0367. The summed E-state index contributed by atoms with van der Waals surface area (Å²) >= 11 is 0. The van der Waals surface area contributed by atoms with Crippen LogP contribution in [0, 0.1) is 0 Å². The summed E-state index contributed by atoms with van der Waals surface area (Å²) in [5.41, 5.74) is 0.0354. The minimum Gasteiger partial charge on any atom is -0.456 e. The molecule has 0 aliphatic heterocycles. The molecule has 0 bridgehead atoms. The van der Waals surface area contributed by atoms with Crippen LogP contribution in [-0.2, 0) is 0 Å². The maximum Gasteiger partial charge on any atom is 0.136 e. The van der Waals surface area contributed by atoms with Crippen molar-refractivity contribution in [1.82, 2.24) is 0 Å². The highest BCUT2D eigenvalue weighted by Crippen LogP contribution is 2.45. The first-order chi connectivity index (χ1) is 28.6. The number of fused-ring (bicyclic) bond motifs is 5. The van der Waals surface area contributed by atoms with Gasteiger partial charge < -0.3 is 4.42 Å². The third kappa shape index (κ3) is 4.24. The second-order valence-electron chi connectivity index (χ2n) is 10.5. The van der Waals surface area contributed by atoms with Gasteiger partial charge in [0.25, 0.3) is 0 Å². The van der Waals surface area contributed by atoms with E-state index in [1.54, 1.807) is 78.9 Å². The molecule has 1 heterocycles. The summed E-state index contributed by atoms with van der Waals surface area (Å²) in [6.45, 7) is 0. The summed E-state index contributed by atoms with van der Waals surface area (Å²) in [5.74, 6) is 0. The lowest BCUT2D eigenvalue weighted by Crippen LogP contribution is -1.91. The maximum atomic E-state index is 9.62. The molecular formula is C44H28O. The van der Waals surface area contributed by atoms with Crippen LogP contribution >= 0.6 is 0 Å². The summed E-state index contributed by atoms with van der Waals surface area (Å²) < 4.78 is 139. The average Bonchev–Trinajstić information content (AvgIpc) is 3.67. The number of benzene rings is 8. The maximum absolute atomic E-state index is 9.62. The Kier molecular flexibility index (Phi) is 3.39. The highest BCUT2D eigenvalue weighted by molar-refractivity contribution is 6.22. The quantitative estimate of drug-likeness (QED) is 0.187. The molecule has 0 saturated carbocycles. The van der Waals surface area contributed by atoms with Crippen LogP contribution in [0.25, 0.3) is 88.0 Å². The SMILES string of the molecule is [2H]c1c([2H])c([2H])c(-c2c([2H])c([2H])c3c(oc4c([2H])c(-c5c6ccccc6c(-c6c([2H])c([2H])c([2H])c(-c7ccccc7)c6[2H])c6ccccc56)c([2H])c([2H])c43)c2[2H])c([2H])c1[2H]. The van der Waals surface area contributed by atoms with Crippen LogP contribution in [0.2, 0.25) is 0 Å². The molecular weight excluding hydrogens is 544 g/mol. The van der Waals surface area contributed by atoms with Gasteiger partial charge in [-0.15, -0.1) is 0 Å². The first-order valence-electron chi connectivity index (χ1n) is 21.7. The van der Waals surface area contributed by atoms with Crippen LogP contribution in [0.3, 0.4) is 0 Å². The molecule has 45 heavy (non-hydrogen) atoms. The number of hydrogen-bond donors (Lipinski definition) is 0. The van der Waals surface area contributed by atoms with E-state index in [4.69, 9.17) is 19.5 Å². The summed E-state index contributed by atoms with van der Waals surface area (Å²) in [7, 11) is 0. The van der Waals surface area contributed by atoms with E-state index in [0.717, 1.165) is 0 Å². The van der Waals surface area contributed by atoms with Crippen molar-refractivity contribution in [2.75, 3.05) is 0 Å². The molecule has 9 aromatic rings. The normalized spacial score (nSPS) is 16.2. The molecule has 0 radical (unpaired) electrons. The Morgan fingerprint density at radius 1 is 0.333 bits per heavy atom. The van der Waals surface area contributed by atoms with E-state index in [1.807, 2.05) is 0 Å². The Morgan fingerprint density at radius 2 is 0.800 bits per heavy atom. The second-order valence-corrected chi connectivity index (χ2v) is 10.5. The Balaban J connectivity index is 1.39. The molecule has 0 spiro atoms. The van der Waals surface area contributed by atoms with Gasteiger partial charge >= 0.3 is 0 Å². The van der Waals surface area contributed by atoms with Crippen molar-refractivity contribution in [2.45, 2.75) is 0 Å². The van der Waals surface area contributed by atoms with Gasteiger partial charge in [-0.3, -0.25) is 0 Å². The summed E-state index contributed by atoms with van der Waals surface area (Å²) in [4.78, 5) is 0. The third-order valence-corrected chi connectivity index (χ3v) is 7.88. The zero-order valence-corrected chi connectivity index (χ0v) is 23.4. The molecule has 1 nitrogen and oxygen atoms in total. The van der Waals surface area contributed by atoms with Crippen molar-refractivity contribution < 1.29 is 25.0 Å². The lowest BCUT2D eigenvalue weighted by Gasteiger charge is -2.18. The number of furan rings is 1. The lowest BCUT2D eigenvalue weighted by atomic mass is 9.85. The summed E-state index contributed by atoms with van der Waals surface area (Å²) in [5, 5.41) is 1.58. The Bertz CT molecular complexity index is 3290. The molecule has 0 atom stereocenters. The van der Waals surface area contributed by atoms with Gasteiger partial charge in [-0.25, -0.2) is 0 Å². The van der Waals surface area contributed by atoms with Crippen LogP contribution in [-0.4, -0.2) is 0 Å². The number of rotatable bonds is 4. The standard InChI is InChI=1S/C44H28O/c1-3-12-29(13-4-1)31-16-11-17-33(26-31)43-37-18-7-9-20-39(37)44(40-21-10-8-19-38(40)43)34-23-25-36-35-24-22-32(30-14-5-2-6-15-30)27-41(35)45-42(36)28-34/h1-28H/i2D,5D,6D,11D,14D,15D,16D,17D,22D,23D,24D,25D,26D,27D,28D. The Labute approximate surface area is 282 Å². The van der Waals surface area contributed by atoms with E-state index in [-0.39, 0.29) is 68.8 Å². The zero-order valence-electron chi connectivity index (χ0n) is 38.4. The molecule has 0 aliphatic rings. The van der Waals surface area contributed by atoms with Gasteiger partial charge in [-0.1, -0.05) is 139 Å². The molecule has 0 aliphatic carbocycles. The molecule has 0 unspecified atom stereocenters. The summed E-state index contributed by atoms with van der Waals surface area (Å²) in [6, 6.07) is 15.3. The molecule has 0 amide bonds. The third-order valence-electron chi connectivity index (χ3n) is 7.88. The molecule has 0 fully saturated rings. The van der Waals surface area contributed by atoms with Crippen molar-refractivity contribution in [3.63, 3.8) is 0 Å². The smallest absolute Gasteiger partial charge is 0.136 e. The fraction of sp³-hybridized carbons (Fsp3) is 0. The highest BCUT2D eigenvalue weighted by atomic mass is 16.3. The van der Waals surface area contributed by atoms with Crippen molar-refractivity contribution >= 4 is 43.5 Å². The van der Waals surface area contributed by atoms with Crippen molar-refractivity contribution in [3.8, 4) is 44.5 Å². The molecule has 0 saturated heterocycles. The van der Waals surface area contributed by atoms with E-state index in [0.29, 0.717) is 38.2 Å². The van der Waals surface area contributed by atoms with Crippen molar-refractivity contribution in [3.05, 3.63) is 169 Å². The monoisotopic (exact) mass is 587 g/mol. The van der Waals surface area contributed by atoms with Gasteiger partial charge in [-0.2, -0.15) is 0 Å². The summed E-state index contributed by atoms with van der Waals surface area (Å²) in [6.07, 6.45) is 0. The van der Waals surface area contributed by atoms with E-state index >= 15 is 0 Å². The second kappa shape index (κ2) is 10.4. The molecule has 8 aromatic carbocycles. The van der Waals surface area contributed by atoms with E-state index < -0.39 is 71.6 Å². The predicted octanol–water partition coefficient (Wildman–Crippen LogP) is 12.6. The van der Waals surface area contributed by atoms with Gasteiger partial charge in [0.1, 0.15) is 11.2 Å². The van der Waals surface area contributed by atoms with E-state index in [1.165, 1.54) is 0 Å². The van der Waals surface area contributed by atoms with Crippen LogP contribution in [0.15, 0.2) is 174 Å². The van der Waals surface area contributed by atoms with Crippen molar-refractivity contribution in [2.24, 2.45) is 0 Å². The van der Waals surface area contributed by atoms with Crippen LogP contribution < -0.4 is 0 Å². The van der Waals surface area contributed by atoms with E-state index in [2.05, 4.69) is 0 Å². The largest absolute Gasteiger partial charge is 0.456 e. The molecule has 9 rings (SSSR count). The average molecular weight is 588 g/mol. The van der Waals surface area contributed by atoms with Gasteiger partial charge in [0.05, 0.1) is 20.6 Å². The van der Waals surface area contributed by atoms with Crippen LogP contribution in [0.5, 0.6) is 0 Å². The first-order valence-corrected chi connectivity index (χ1v) is 14.2. The lowest BCUT2D eigenvalue weighted by molar-refractivity contribution is 0.669. The zero-order chi connectivity index (χ0) is 42.8. The Morgan fingerprint density at radius 3 is 1.42 bits per heavy atom. The molecule has 0 N–H and O–H groups in total. The predicted molar refractivity (Wildman–Crippen MR) is 190 cm³/mol. The molecule has 1 aromatic heterocycles. The number of hydrogen-bond acceptors (Lipinski definition) is 1. The first kappa shape index (κ1) is 14.7. The highest BCUT2D eigenvalue weighted by Gasteiger charge is 2.18. The van der Waals surface area contributed by atoms with E-state index in [9.17, 15) is 5.48 Å². The van der Waals surface area contributed by atoms with Gasteiger partial charge in [-0.05, 0) is 96.3 Å². The van der Waals surface area contributed by atoms with Gasteiger partial charge in [0, 0.05) is 10.8 Å². The van der Waals surface area contributed by atoms with Gasteiger partial charge in [0.2, 0.25) is 0 Å². The fourth-order valence-corrected chi connectivity index (χ4v) is 5.90. The minimum atomic E-state index is -0.694. The molecule has 210 valence electrons. The van der Waals surface area contributed by atoms with Crippen molar-refractivity contribution in [1.29, 1.82) is 0 Å². The Hall–Kier alpha value is -5.92. The van der Waals surface area contributed by atoms with Crippen LogP contribution in [0.1, 0.15) is 20.6 Å². The topological polar surface area (TPSA) is 13.1 Å². The molecule has 1 heteroatoms.